The van der Waals surface area contributed by atoms with E-state index in [2.05, 4.69) is 20.2 Å². The van der Waals surface area contributed by atoms with Gasteiger partial charge >= 0.3 is 6.18 Å². The second-order valence-electron chi connectivity index (χ2n) is 6.43. The smallest absolute Gasteiger partial charge is 0.360 e. The van der Waals surface area contributed by atoms with Crippen LogP contribution in [-0.2, 0) is 32.1 Å². The zero-order valence-electron chi connectivity index (χ0n) is 14.6. The van der Waals surface area contributed by atoms with Crippen molar-refractivity contribution in [1.29, 1.82) is 0 Å². The quantitative estimate of drug-likeness (QED) is 0.687. The number of aryl methyl sites for hydroxylation is 1. The Bertz CT molecular complexity index is 931. The number of hydrogen-bond donors (Lipinski definition) is 0. The minimum Gasteiger partial charge on any atom is -0.360 e. The maximum absolute atomic E-state index is 12.8. The van der Waals surface area contributed by atoms with Gasteiger partial charge in [0, 0.05) is 37.1 Å². The molecule has 1 aliphatic rings. The molecule has 0 saturated heterocycles. The van der Waals surface area contributed by atoms with E-state index in [1.165, 1.54) is 12.1 Å². The van der Waals surface area contributed by atoms with Crippen LogP contribution in [0.3, 0.4) is 0 Å². The first-order chi connectivity index (χ1) is 12.9. The Morgan fingerprint density at radius 2 is 1.89 bits per heavy atom. The average Bonchev–Trinajstić information content (AvgIpc) is 3.27. The third-order valence-electron chi connectivity index (χ3n) is 4.57. The molecule has 0 fully saturated rings. The summed E-state index contributed by atoms with van der Waals surface area (Å²) in [6, 6.07) is 4.96. The van der Waals surface area contributed by atoms with Crippen LogP contribution in [0.4, 0.5) is 13.2 Å². The number of nitrogens with zero attached hydrogens (tertiary/aromatic N) is 4. The minimum absolute atomic E-state index is 0.528. The van der Waals surface area contributed by atoms with Gasteiger partial charge < -0.3 is 9.05 Å². The van der Waals surface area contributed by atoms with Gasteiger partial charge in [-0.3, -0.25) is 4.90 Å². The molecule has 2 aromatic heterocycles. The molecule has 9 heteroatoms. The second-order valence-corrected chi connectivity index (χ2v) is 6.43. The summed E-state index contributed by atoms with van der Waals surface area (Å²) in [5.41, 5.74) is 1.38. The summed E-state index contributed by atoms with van der Waals surface area (Å²) in [6.07, 6.45) is -3.01. The Morgan fingerprint density at radius 3 is 2.56 bits per heavy atom. The highest BCUT2D eigenvalue weighted by atomic mass is 19.4. The van der Waals surface area contributed by atoms with E-state index < -0.39 is 11.7 Å². The van der Waals surface area contributed by atoms with E-state index in [1.807, 2.05) is 6.92 Å². The van der Waals surface area contributed by atoms with Crippen molar-refractivity contribution in [2.24, 2.45) is 0 Å². The predicted octanol–water partition coefficient (Wildman–Crippen LogP) is 3.86. The summed E-state index contributed by atoms with van der Waals surface area (Å²) in [7, 11) is 0. The lowest BCUT2D eigenvalue weighted by Crippen LogP contribution is -2.30. The van der Waals surface area contributed by atoms with Gasteiger partial charge in [-0.25, -0.2) is 0 Å². The molecule has 0 unspecified atom stereocenters. The van der Waals surface area contributed by atoms with E-state index in [1.54, 1.807) is 0 Å². The van der Waals surface area contributed by atoms with Crippen molar-refractivity contribution in [2.45, 2.75) is 39.0 Å². The highest BCUT2D eigenvalue weighted by Crippen LogP contribution is 2.33. The van der Waals surface area contributed by atoms with Crippen molar-refractivity contribution in [3.05, 3.63) is 52.9 Å². The van der Waals surface area contributed by atoms with Gasteiger partial charge in [-0.05, 0) is 12.1 Å². The number of rotatable bonds is 4. The number of hydrogen-bond acceptors (Lipinski definition) is 6. The Labute approximate surface area is 153 Å². The molecule has 0 radical (unpaired) electrons. The largest absolute Gasteiger partial charge is 0.416 e. The Hall–Kier alpha value is -2.68. The third kappa shape index (κ3) is 3.59. The molecule has 0 aliphatic carbocycles. The van der Waals surface area contributed by atoms with Crippen molar-refractivity contribution < 1.29 is 22.2 Å². The van der Waals surface area contributed by atoms with Gasteiger partial charge in [-0.2, -0.15) is 18.2 Å². The average molecular weight is 378 g/mol. The molecule has 0 atom stereocenters. The van der Waals surface area contributed by atoms with Gasteiger partial charge in [0.1, 0.15) is 11.5 Å². The minimum atomic E-state index is -4.36. The van der Waals surface area contributed by atoms with Gasteiger partial charge in [-0.15, -0.1) is 0 Å². The number of benzene rings is 1. The van der Waals surface area contributed by atoms with Crippen LogP contribution in [0.5, 0.6) is 0 Å². The van der Waals surface area contributed by atoms with Crippen molar-refractivity contribution in [1.82, 2.24) is 20.2 Å². The molecule has 0 saturated carbocycles. The summed E-state index contributed by atoms with van der Waals surface area (Å²) >= 11 is 0. The number of fused-ring (bicyclic) bond motifs is 1. The zero-order chi connectivity index (χ0) is 19.0. The normalized spacial score (nSPS) is 15.1. The van der Waals surface area contributed by atoms with Gasteiger partial charge in [-0.1, -0.05) is 29.4 Å². The van der Waals surface area contributed by atoms with Crippen molar-refractivity contribution in [3.63, 3.8) is 0 Å². The maximum atomic E-state index is 12.8. The van der Waals surface area contributed by atoms with Crippen LogP contribution in [0, 0.1) is 0 Å². The Kier molecular flexibility index (Phi) is 4.47. The molecule has 0 amide bonds. The first kappa shape index (κ1) is 17.7. The van der Waals surface area contributed by atoms with Gasteiger partial charge in [0.15, 0.2) is 5.82 Å². The monoisotopic (exact) mass is 378 g/mol. The first-order valence-electron chi connectivity index (χ1n) is 8.63. The topological polar surface area (TPSA) is 68.2 Å². The lowest BCUT2D eigenvalue weighted by atomic mass is 10.0. The summed E-state index contributed by atoms with van der Waals surface area (Å²) < 4.78 is 48.8. The SMILES string of the molecule is CCc1nc(CN2CCc3onc(-c4ccc(C(F)(F)F)cc4)c3C2)no1. The van der Waals surface area contributed by atoms with Crippen LogP contribution in [0.1, 0.15) is 35.5 Å². The zero-order valence-corrected chi connectivity index (χ0v) is 14.6. The van der Waals surface area contributed by atoms with E-state index in [9.17, 15) is 13.2 Å². The molecule has 0 spiro atoms. The first-order valence-corrected chi connectivity index (χ1v) is 8.63. The summed E-state index contributed by atoms with van der Waals surface area (Å²) in [5, 5.41) is 8.05. The maximum Gasteiger partial charge on any atom is 0.416 e. The Balaban J connectivity index is 1.54. The van der Waals surface area contributed by atoms with Gasteiger partial charge in [0.2, 0.25) is 5.89 Å². The van der Waals surface area contributed by atoms with Crippen molar-refractivity contribution in [2.75, 3.05) is 6.54 Å². The lowest BCUT2D eigenvalue weighted by Gasteiger charge is -2.24. The number of aromatic nitrogens is 3. The fraction of sp³-hybridized carbons (Fsp3) is 0.389. The van der Waals surface area contributed by atoms with Gasteiger partial charge in [0.05, 0.1) is 12.1 Å². The molecule has 3 aromatic rings. The summed E-state index contributed by atoms with van der Waals surface area (Å²) in [5.74, 6) is 1.98. The molecule has 1 aliphatic heterocycles. The van der Waals surface area contributed by atoms with Crippen LogP contribution in [0.25, 0.3) is 11.3 Å². The molecule has 142 valence electrons. The van der Waals surface area contributed by atoms with E-state index in [0.29, 0.717) is 48.9 Å². The van der Waals surface area contributed by atoms with Crippen LogP contribution < -0.4 is 0 Å². The van der Waals surface area contributed by atoms with E-state index >= 15 is 0 Å². The molecule has 0 N–H and O–H groups in total. The summed E-state index contributed by atoms with van der Waals surface area (Å²) in [6.45, 7) is 3.79. The molecule has 27 heavy (non-hydrogen) atoms. The number of alkyl halides is 3. The van der Waals surface area contributed by atoms with Crippen molar-refractivity contribution >= 4 is 0 Å². The van der Waals surface area contributed by atoms with E-state index in [-0.39, 0.29) is 0 Å². The molecular weight excluding hydrogens is 361 g/mol. The van der Waals surface area contributed by atoms with E-state index in [0.717, 1.165) is 30.0 Å². The number of halogens is 3. The molecular formula is C18H17F3N4O2. The second kappa shape index (κ2) is 6.80. The lowest BCUT2D eigenvalue weighted by molar-refractivity contribution is -0.137. The third-order valence-corrected chi connectivity index (χ3v) is 4.57. The summed E-state index contributed by atoms with van der Waals surface area (Å²) in [4.78, 5) is 6.45. The van der Waals surface area contributed by atoms with Crippen molar-refractivity contribution in [3.8, 4) is 11.3 Å². The molecule has 6 nitrogen and oxygen atoms in total. The molecule has 3 heterocycles. The molecule has 1 aromatic carbocycles. The molecule has 0 bridgehead atoms. The van der Waals surface area contributed by atoms with Crippen LogP contribution in [-0.4, -0.2) is 26.7 Å². The fourth-order valence-corrected chi connectivity index (χ4v) is 3.14. The van der Waals surface area contributed by atoms with Crippen LogP contribution in [0.2, 0.25) is 0 Å². The Morgan fingerprint density at radius 1 is 1.11 bits per heavy atom. The predicted molar refractivity (Wildman–Crippen MR) is 88.4 cm³/mol. The highest BCUT2D eigenvalue weighted by Gasteiger charge is 2.31. The standard InChI is InChI=1S/C18H17F3N4O2/c1-2-16-22-15(23-27-16)10-25-8-7-14-13(9-25)17(24-26-14)11-3-5-12(6-4-11)18(19,20)21/h3-6H,2,7-10H2,1H3. The van der Waals surface area contributed by atoms with Crippen LogP contribution in [0.15, 0.2) is 33.3 Å². The molecule has 4 rings (SSSR count). The fourth-order valence-electron chi connectivity index (χ4n) is 3.14. The van der Waals surface area contributed by atoms with E-state index in [4.69, 9.17) is 9.05 Å². The van der Waals surface area contributed by atoms with Crippen LogP contribution >= 0.6 is 0 Å². The van der Waals surface area contributed by atoms with Gasteiger partial charge in [0.25, 0.3) is 0 Å². The highest BCUT2D eigenvalue weighted by molar-refractivity contribution is 5.64.